The second-order valence-electron chi connectivity index (χ2n) is 5.51. The van der Waals surface area contributed by atoms with Crippen LogP contribution in [0.3, 0.4) is 0 Å². The fourth-order valence-electron chi connectivity index (χ4n) is 2.38. The Kier molecular flexibility index (Phi) is 6.45. The highest BCUT2D eigenvalue weighted by Crippen LogP contribution is 2.29. The van der Waals surface area contributed by atoms with E-state index >= 15 is 0 Å². The van der Waals surface area contributed by atoms with Crippen molar-refractivity contribution in [2.75, 3.05) is 18.9 Å². The highest BCUT2D eigenvalue weighted by molar-refractivity contribution is 7.85. The summed E-state index contributed by atoms with van der Waals surface area (Å²) in [5.41, 5.74) is -0.353. The van der Waals surface area contributed by atoms with E-state index < -0.39 is 52.6 Å². The van der Waals surface area contributed by atoms with Gasteiger partial charge in [-0.2, -0.15) is 8.42 Å². The molecule has 0 amide bonds. The predicted molar refractivity (Wildman–Crippen MR) is 87.0 cm³/mol. The van der Waals surface area contributed by atoms with Gasteiger partial charge in [-0.3, -0.25) is 18.9 Å². The molecule has 6 N–H and O–H groups in total. The van der Waals surface area contributed by atoms with Gasteiger partial charge in [-0.1, -0.05) is 0 Å². The van der Waals surface area contributed by atoms with Gasteiger partial charge in [-0.05, 0) is 12.2 Å². The molecule has 2 heterocycles. The molecule has 0 aliphatic carbocycles. The number of aliphatic hydroxyl groups is 3. The maximum atomic E-state index is 11.9. The van der Waals surface area contributed by atoms with Crippen molar-refractivity contribution in [3.05, 3.63) is 26.9 Å². The minimum atomic E-state index is -4.11. The van der Waals surface area contributed by atoms with Crippen LogP contribution in [0.5, 0.6) is 0 Å². The van der Waals surface area contributed by atoms with E-state index in [1.54, 1.807) is 0 Å². The number of aliphatic hydroxyl groups excluding tert-OH is 3. The molecule has 1 aliphatic rings. The van der Waals surface area contributed by atoms with E-state index in [9.17, 15) is 23.4 Å². The number of nitrogens with one attached hydrogen (secondary N) is 2. The average molecular weight is 397 g/mol. The standard InChI is InChI=1S/C12H19N3O8S2/c16-5-7-8(17)9(18)11(23-7)15-4-6(10(19)14-12(15)24)3-13-1-2-25(20,21)22/h4,7-9,11,13,16-18H,1-3,5H2,(H,14,19,24)(H,20,21,22)/t7-,8-,9-,11-/m1/s1. The lowest BCUT2D eigenvalue weighted by Gasteiger charge is -2.19. The Morgan fingerprint density at radius 1 is 1.36 bits per heavy atom. The Morgan fingerprint density at radius 3 is 2.60 bits per heavy atom. The summed E-state index contributed by atoms with van der Waals surface area (Å²) in [4.78, 5) is 14.3. The highest BCUT2D eigenvalue weighted by atomic mass is 32.2. The van der Waals surface area contributed by atoms with Crippen LogP contribution in [0.2, 0.25) is 0 Å². The molecule has 4 atom stereocenters. The van der Waals surface area contributed by atoms with Crippen molar-refractivity contribution in [1.29, 1.82) is 0 Å². The van der Waals surface area contributed by atoms with E-state index in [1.807, 2.05) is 0 Å². The van der Waals surface area contributed by atoms with Crippen molar-refractivity contribution < 1.29 is 33.0 Å². The first kappa shape index (κ1) is 20.1. The van der Waals surface area contributed by atoms with Crippen molar-refractivity contribution in [1.82, 2.24) is 14.9 Å². The van der Waals surface area contributed by atoms with Crippen LogP contribution >= 0.6 is 12.2 Å². The first-order valence-electron chi connectivity index (χ1n) is 7.26. The van der Waals surface area contributed by atoms with Crippen LogP contribution in [0, 0.1) is 4.77 Å². The van der Waals surface area contributed by atoms with Crippen molar-refractivity contribution in [2.45, 2.75) is 31.1 Å². The lowest BCUT2D eigenvalue weighted by molar-refractivity contribution is -0.0542. The zero-order valence-corrected chi connectivity index (χ0v) is 14.5. The van der Waals surface area contributed by atoms with Gasteiger partial charge in [0.25, 0.3) is 15.7 Å². The van der Waals surface area contributed by atoms with Crippen molar-refractivity contribution >= 4 is 22.3 Å². The summed E-state index contributed by atoms with van der Waals surface area (Å²) in [7, 11) is -4.11. The average Bonchev–Trinajstić information content (AvgIpc) is 2.80. The zero-order valence-electron chi connectivity index (χ0n) is 12.9. The van der Waals surface area contributed by atoms with Crippen molar-refractivity contribution in [3.8, 4) is 0 Å². The number of H-pyrrole nitrogens is 1. The molecular weight excluding hydrogens is 378 g/mol. The smallest absolute Gasteiger partial charge is 0.266 e. The molecule has 2 rings (SSSR count). The van der Waals surface area contributed by atoms with Gasteiger partial charge in [-0.25, -0.2) is 0 Å². The minimum absolute atomic E-state index is 0.0325. The molecule has 0 spiro atoms. The molecule has 1 aromatic heterocycles. The number of nitrogens with zero attached hydrogens (tertiary/aromatic N) is 1. The van der Waals surface area contributed by atoms with Gasteiger partial charge in [0.2, 0.25) is 0 Å². The third kappa shape index (κ3) is 4.92. The Morgan fingerprint density at radius 2 is 2.04 bits per heavy atom. The molecule has 11 nitrogen and oxygen atoms in total. The predicted octanol–water partition coefficient (Wildman–Crippen LogP) is -2.51. The van der Waals surface area contributed by atoms with Crippen LogP contribution in [-0.2, 0) is 21.4 Å². The molecule has 142 valence electrons. The molecule has 0 radical (unpaired) electrons. The van der Waals surface area contributed by atoms with Crippen LogP contribution < -0.4 is 10.9 Å². The molecule has 0 saturated carbocycles. The van der Waals surface area contributed by atoms with Crippen LogP contribution in [0.15, 0.2) is 11.0 Å². The normalized spacial score (nSPS) is 26.9. The number of rotatable bonds is 7. The lowest BCUT2D eigenvalue weighted by atomic mass is 10.1. The zero-order chi connectivity index (χ0) is 18.8. The Bertz CT molecular complexity index is 820. The van der Waals surface area contributed by atoms with Gasteiger partial charge in [0.05, 0.1) is 12.4 Å². The van der Waals surface area contributed by atoms with Crippen LogP contribution in [0.4, 0.5) is 0 Å². The van der Waals surface area contributed by atoms with Crippen LogP contribution in [0.1, 0.15) is 11.8 Å². The van der Waals surface area contributed by atoms with E-state index in [0.29, 0.717) is 0 Å². The first-order valence-corrected chi connectivity index (χ1v) is 9.28. The summed E-state index contributed by atoms with van der Waals surface area (Å²) in [6.07, 6.45) is -3.48. The number of hydrogen-bond donors (Lipinski definition) is 6. The molecule has 1 fully saturated rings. The molecule has 25 heavy (non-hydrogen) atoms. The molecule has 1 saturated heterocycles. The topological polar surface area (TPSA) is 174 Å². The van der Waals surface area contributed by atoms with Gasteiger partial charge < -0.3 is 25.4 Å². The Balaban J connectivity index is 2.18. The van der Waals surface area contributed by atoms with Crippen LogP contribution in [0.25, 0.3) is 0 Å². The van der Waals surface area contributed by atoms with E-state index in [-0.39, 0.29) is 23.4 Å². The molecule has 1 aliphatic heterocycles. The number of aromatic amines is 1. The van der Waals surface area contributed by atoms with E-state index in [4.69, 9.17) is 26.6 Å². The summed E-state index contributed by atoms with van der Waals surface area (Å²) >= 11 is 5.03. The second kappa shape index (κ2) is 8.01. The summed E-state index contributed by atoms with van der Waals surface area (Å²) < 4.78 is 36.5. The van der Waals surface area contributed by atoms with Gasteiger partial charge in [0, 0.05) is 24.8 Å². The molecule has 0 unspecified atom stereocenters. The molecule has 0 aromatic carbocycles. The largest absolute Gasteiger partial charge is 0.394 e. The number of aromatic nitrogens is 2. The lowest BCUT2D eigenvalue weighted by Crippen LogP contribution is -2.34. The maximum absolute atomic E-state index is 11.9. The molecular formula is C12H19N3O8S2. The van der Waals surface area contributed by atoms with Gasteiger partial charge in [0.1, 0.15) is 18.3 Å². The number of ether oxygens (including phenoxy) is 1. The fraction of sp³-hybridized carbons (Fsp3) is 0.667. The van der Waals surface area contributed by atoms with Gasteiger partial charge in [-0.15, -0.1) is 0 Å². The van der Waals surface area contributed by atoms with Crippen molar-refractivity contribution in [3.63, 3.8) is 0 Å². The van der Waals surface area contributed by atoms with E-state index in [1.165, 1.54) is 10.8 Å². The quantitative estimate of drug-likeness (QED) is 0.164. The minimum Gasteiger partial charge on any atom is -0.394 e. The monoisotopic (exact) mass is 397 g/mol. The Hall–Kier alpha value is -1.19. The van der Waals surface area contributed by atoms with E-state index in [0.717, 1.165) is 0 Å². The van der Waals surface area contributed by atoms with Crippen LogP contribution in [-0.4, -0.2) is 75.1 Å². The summed E-state index contributed by atoms with van der Waals surface area (Å²) in [6.45, 7) is -0.619. The Labute approximate surface area is 147 Å². The highest BCUT2D eigenvalue weighted by Gasteiger charge is 2.43. The second-order valence-corrected chi connectivity index (χ2v) is 7.47. The third-order valence-corrected chi connectivity index (χ3v) is 4.72. The summed E-state index contributed by atoms with van der Waals surface area (Å²) in [6, 6.07) is 0. The summed E-state index contributed by atoms with van der Waals surface area (Å²) in [5.74, 6) is -0.515. The molecule has 13 heteroatoms. The maximum Gasteiger partial charge on any atom is 0.266 e. The molecule has 0 bridgehead atoms. The first-order chi connectivity index (χ1) is 11.6. The van der Waals surface area contributed by atoms with E-state index in [2.05, 4.69) is 10.3 Å². The van der Waals surface area contributed by atoms with Gasteiger partial charge >= 0.3 is 0 Å². The number of hydrogen-bond acceptors (Lipinski definition) is 9. The third-order valence-electron chi connectivity index (χ3n) is 3.69. The van der Waals surface area contributed by atoms with Crippen molar-refractivity contribution in [2.24, 2.45) is 0 Å². The summed E-state index contributed by atoms with van der Waals surface area (Å²) in [5, 5.41) is 31.7. The molecule has 1 aromatic rings. The SMILES string of the molecule is O=c1[nH]c(=S)n([C@@H]2O[C@H](CO)[C@@H](O)[C@H]2O)cc1CNCCS(=O)(=O)O. The van der Waals surface area contributed by atoms with Gasteiger partial charge in [0.15, 0.2) is 11.0 Å². The fourth-order valence-corrected chi connectivity index (χ4v) is 3.03.